The van der Waals surface area contributed by atoms with Crippen LogP contribution in [-0.4, -0.2) is 14.8 Å². The van der Waals surface area contributed by atoms with Crippen molar-refractivity contribution in [2.75, 3.05) is 5.32 Å². The maximum Gasteiger partial charge on any atom is 0.132 e. The summed E-state index contributed by atoms with van der Waals surface area (Å²) in [5.41, 5.74) is 0.580. The molecular formula is C10H8IN5. The largest absolute Gasteiger partial charge is 0.325 e. The highest BCUT2D eigenvalue weighted by molar-refractivity contribution is 14.1. The monoisotopic (exact) mass is 325 g/mol. The van der Waals surface area contributed by atoms with Gasteiger partial charge in [0.15, 0.2) is 0 Å². The van der Waals surface area contributed by atoms with Crippen molar-refractivity contribution >= 4 is 34.2 Å². The minimum Gasteiger partial charge on any atom is -0.325 e. The first-order chi connectivity index (χ1) is 7.70. The number of nitrogens with zero attached hydrogens (tertiary/aromatic N) is 4. The Kier molecular flexibility index (Phi) is 3.05. The number of pyridine rings is 1. The zero-order valence-corrected chi connectivity index (χ0v) is 10.6. The lowest BCUT2D eigenvalue weighted by Gasteiger charge is -2.06. The highest BCUT2D eigenvalue weighted by Crippen LogP contribution is 2.17. The van der Waals surface area contributed by atoms with E-state index in [1.165, 1.54) is 0 Å². The van der Waals surface area contributed by atoms with E-state index in [0.29, 0.717) is 11.4 Å². The van der Waals surface area contributed by atoms with Gasteiger partial charge < -0.3 is 5.32 Å². The summed E-state index contributed by atoms with van der Waals surface area (Å²) >= 11 is 2.11. The standard InChI is InChI=1S/C10H8IN5/c1-16-10(2-3-14-16)15-9-4-8(11)7(5-12)6-13-9/h2-4,6H,1H3,(H,13,15). The molecule has 2 aromatic rings. The van der Waals surface area contributed by atoms with E-state index < -0.39 is 0 Å². The number of halogens is 1. The third-order valence-corrected chi connectivity index (χ3v) is 2.94. The summed E-state index contributed by atoms with van der Waals surface area (Å²) in [6.45, 7) is 0. The van der Waals surface area contributed by atoms with Crippen molar-refractivity contribution in [2.45, 2.75) is 0 Å². The van der Waals surface area contributed by atoms with Crippen LogP contribution in [0.2, 0.25) is 0 Å². The Morgan fingerprint density at radius 3 is 2.94 bits per heavy atom. The first-order valence-electron chi connectivity index (χ1n) is 4.51. The van der Waals surface area contributed by atoms with E-state index >= 15 is 0 Å². The third kappa shape index (κ3) is 2.14. The average Bonchev–Trinajstić information content (AvgIpc) is 2.65. The van der Waals surface area contributed by atoms with Crippen molar-refractivity contribution in [1.29, 1.82) is 5.26 Å². The highest BCUT2D eigenvalue weighted by Gasteiger charge is 2.03. The molecule has 5 nitrogen and oxygen atoms in total. The molecule has 0 bridgehead atoms. The van der Waals surface area contributed by atoms with Crippen LogP contribution in [0.15, 0.2) is 24.5 Å². The molecule has 0 radical (unpaired) electrons. The van der Waals surface area contributed by atoms with Gasteiger partial charge in [-0.25, -0.2) is 4.98 Å². The SMILES string of the molecule is Cn1nccc1Nc1cc(I)c(C#N)cn1. The van der Waals surface area contributed by atoms with Crippen molar-refractivity contribution in [3.05, 3.63) is 33.7 Å². The van der Waals surface area contributed by atoms with E-state index in [1.54, 1.807) is 17.1 Å². The molecule has 0 aliphatic rings. The number of anilines is 2. The van der Waals surface area contributed by atoms with Crippen LogP contribution < -0.4 is 5.32 Å². The fourth-order valence-electron chi connectivity index (χ4n) is 1.21. The number of aryl methyl sites for hydroxylation is 1. The van der Waals surface area contributed by atoms with Crippen LogP contribution in [0.4, 0.5) is 11.6 Å². The van der Waals surface area contributed by atoms with E-state index in [1.807, 2.05) is 19.2 Å². The Morgan fingerprint density at radius 1 is 1.56 bits per heavy atom. The minimum absolute atomic E-state index is 0.580. The van der Waals surface area contributed by atoms with Crippen LogP contribution in [0.3, 0.4) is 0 Å². The number of nitriles is 1. The van der Waals surface area contributed by atoms with Crippen molar-refractivity contribution < 1.29 is 0 Å². The van der Waals surface area contributed by atoms with E-state index in [9.17, 15) is 0 Å². The highest BCUT2D eigenvalue weighted by atomic mass is 127. The number of rotatable bonds is 2. The Labute approximate surface area is 106 Å². The van der Waals surface area contributed by atoms with Gasteiger partial charge in [-0.05, 0) is 28.7 Å². The predicted molar refractivity (Wildman–Crippen MR) is 68.2 cm³/mol. The Hall–Kier alpha value is -1.62. The van der Waals surface area contributed by atoms with Gasteiger partial charge in [-0.1, -0.05) is 0 Å². The lowest BCUT2D eigenvalue weighted by molar-refractivity contribution is 0.776. The first-order valence-corrected chi connectivity index (χ1v) is 5.59. The second-order valence-corrected chi connectivity index (χ2v) is 4.29. The van der Waals surface area contributed by atoms with E-state index in [0.717, 1.165) is 9.39 Å². The molecule has 0 aromatic carbocycles. The van der Waals surface area contributed by atoms with Crippen molar-refractivity contribution in [3.63, 3.8) is 0 Å². The molecule has 1 N–H and O–H groups in total. The van der Waals surface area contributed by atoms with Crippen molar-refractivity contribution in [1.82, 2.24) is 14.8 Å². The van der Waals surface area contributed by atoms with Gasteiger partial charge in [-0.2, -0.15) is 10.4 Å². The van der Waals surface area contributed by atoms with Gasteiger partial charge in [0.2, 0.25) is 0 Å². The zero-order chi connectivity index (χ0) is 11.5. The molecule has 2 heterocycles. The first kappa shape index (κ1) is 10.9. The lowest BCUT2D eigenvalue weighted by atomic mass is 10.3. The van der Waals surface area contributed by atoms with Gasteiger partial charge >= 0.3 is 0 Å². The van der Waals surface area contributed by atoms with Crippen molar-refractivity contribution in [3.8, 4) is 6.07 Å². The molecule has 0 atom stereocenters. The fourth-order valence-corrected chi connectivity index (χ4v) is 1.76. The van der Waals surface area contributed by atoms with Gasteiger partial charge in [0.1, 0.15) is 17.7 Å². The summed E-state index contributed by atoms with van der Waals surface area (Å²) in [4.78, 5) is 4.15. The van der Waals surface area contributed by atoms with Crippen LogP contribution in [0.1, 0.15) is 5.56 Å². The molecule has 16 heavy (non-hydrogen) atoms. The van der Waals surface area contributed by atoms with E-state index in [4.69, 9.17) is 5.26 Å². The Bertz CT molecular complexity index is 555. The summed E-state index contributed by atoms with van der Waals surface area (Å²) in [5.74, 6) is 1.56. The maximum atomic E-state index is 8.78. The molecule has 0 saturated heterocycles. The molecule has 80 valence electrons. The minimum atomic E-state index is 0.580. The lowest BCUT2D eigenvalue weighted by Crippen LogP contribution is -2.01. The average molecular weight is 325 g/mol. The van der Waals surface area contributed by atoms with Gasteiger partial charge in [0, 0.05) is 22.9 Å². The molecule has 0 aliphatic carbocycles. The molecule has 2 aromatic heterocycles. The summed E-state index contributed by atoms with van der Waals surface area (Å²) in [6.07, 6.45) is 3.26. The topological polar surface area (TPSA) is 66.5 Å². The van der Waals surface area contributed by atoms with Crippen LogP contribution in [0, 0.1) is 14.9 Å². The number of aromatic nitrogens is 3. The van der Waals surface area contributed by atoms with Gasteiger partial charge in [0.05, 0.1) is 11.8 Å². The Balaban J connectivity index is 2.27. The predicted octanol–water partition coefficient (Wildman–Crippen LogP) is 2.03. The van der Waals surface area contributed by atoms with Crippen LogP contribution in [-0.2, 0) is 7.05 Å². The second kappa shape index (κ2) is 4.49. The molecule has 0 unspecified atom stereocenters. The van der Waals surface area contributed by atoms with Gasteiger partial charge in [0.25, 0.3) is 0 Å². The fraction of sp³-hybridized carbons (Fsp3) is 0.100. The molecular weight excluding hydrogens is 317 g/mol. The number of hydrogen-bond acceptors (Lipinski definition) is 4. The summed E-state index contributed by atoms with van der Waals surface area (Å²) in [5, 5.41) is 15.9. The van der Waals surface area contributed by atoms with E-state index in [-0.39, 0.29) is 0 Å². The molecule has 0 aliphatic heterocycles. The quantitative estimate of drug-likeness (QED) is 0.858. The molecule has 0 amide bonds. The summed E-state index contributed by atoms with van der Waals surface area (Å²) < 4.78 is 2.59. The molecule has 0 fully saturated rings. The summed E-state index contributed by atoms with van der Waals surface area (Å²) in [7, 11) is 1.84. The third-order valence-electron chi connectivity index (χ3n) is 2.05. The van der Waals surface area contributed by atoms with Gasteiger partial charge in [-0.15, -0.1) is 0 Å². The summed E-state index contributed by atoms with van der Waals surface area (Å²) in [6, 6.07) is 5.76. The van der Waals surface area contributed by atoms with Crippen LogP contribution >= 0.6 is 22.6 Å². The molecule has 2 rings (SSSR count). The van der Waals surface area contributed by atoms with Crippen molar-refractivity contribution in [2.24, 2.45) is 7.05 Å². The zero-order valence-electron chi connectivity index (χ0n) is 8.48. The Morgan fingerprint density at radius 2 is 2.38 bits per heavy atom. The maximum absolute atomic E-state index is 8.78. The number of hydrogen-bond donors (Lipinski definition) is 1. The van der Waals surface area contributed by atoms with Crippen LogP contribution in [0.25, 0.3) is 0 Å². The smallest absolute Gasteiger partial charge is 0.132 e. The normalized spacial score (nSPS) is 9.81. The molecule has 0 spiro atoms. The molecule has 6 heteroatoms. The van der Waals surface area contributed by atoms with Crippen LogP contribution in [0.5, 0.6) is 0 Å². The van der Waals surface area contributed by atoms with Gasteiger partial charge in [-0.3, -0.25) is 4.68 Å². The number of nitrogens with one attached hydrogen (secondary N) is 1. The molecule has 0 saturated carbocycles. The van der Waals surface area contributed by atoms with E-state index in [2.05, 4.69) is 44.1 Å². The second-order valence-electron chi connectivity index (χ2n) is 3.13.